The lowest BCUT2D eigenvalue weighted by atomic mass is 9.82. The first-order valence-electron chi connectivity index (χ1n) is 7.17. The zero-order chi connectivity index (χ0) is 12.7. The van der Waals surface area contributed by atoms with Crippen LogP contribution in [0.25, 0.3) is 0 Å². The van der Waals surface area contributed by atoms with E-state index in [2.05, 4.69) is 19.2 Å². The van der Waals surface area contributed by atoms with E-state index in [1.54, 1.807) is 0 Å². The number of nitrogens with one attached hydrogen (secondary N) is 1. The number of hydrogen-bond donors (Lipinski definition) is 2. The molecule has 1 aliphatic rings. The summed E-state index contributed by atoms with van der Waals surface area (Å²) < 4.78 is 0. The summed E-state index contributed by atoms with van der Waals surface area (Å²) in [6.07, 6.45) is 8.94. The van der Waals surface area contributed by atoms with Crippen LogP contribution in [0.2, 0.25) is 0 Å². The minimum atomic E-state index is -0.682. The predicted octanol–water partition coefficient (Wildman–Crippen LogP) is 3.19. The molecule has 0 aromatic rings. The third-order valence-corrected chi connectivity index (χ3v) is 3.99. The van der Waals surface area contributed by atoms with Crippen LogP contribution >= 0.6 is 0 Å². The molecule has 0 radical (unpaired) electrons. The fraction of sp³-hybridized carbons (Fsp3) is 0.929. The normalized spacial score (nSPS) is 26.7. The Morgan fingerprint density at radius 1 is 1.35 bits per heavy atom. The molecule has 0 aromatic heterocycles. The van der Waals surface area contributed by atoms with Crippen molar-refractivity contribution in [3.8, 4) is 0 Å². The SMILES string of the molecule is CCCCC(NC1CCCCC1CC)C(=O)O. The van der Waals surface area contributed by atoms with Gasteiger partial charge in [-0.15, -0.1) is 0 Å². The van der Waals surface area contributed by atoms with Crippen molar-refractivity contribution in [3.63, 3.8) is 0 Å². The zero-order valence-corrected chi connectivity index (χ0v) is 11.2. The monoisotopic (exact) mass is 241 g/mol. The number of carboxylic acids is 1. The Balaban J connectivity index is 2.48. The Bertz CT molecular complexity index is 230. The molecule has 0 spiro atoms. The maximum Gasteiger partial charge on any atom is 0.320 e. The minimum absolute atomic E-state index is 0.341. The number of unbranched alkanes of at least 4 members (excludes halogenated alkanes) is 1. The lowest BCUT2D eigenvalue weighted by Crippen LogP contribution is -2.47. The number of rotatable bonds is 7. The van der Waals surface area contributed by atoms with Crippen molar-refractivity contribution >= 4 is 5.97 Å². The van der Waals surface area contributed by atoms with E-state index in [4.69, 9.17) is 0 Å². The lowest BCUT2D eigenvalue weighted by molar-refractivity contribution is -0.140. The summed E-state index contributed by atoms with van der Waals surface area (Å²) in [7, 11) is 0. The fourth-order valence-electron chi connectivity index (χ4n) is 2.86. The summed E-state index contributed by atoms with van der Waals surface area (Å²) >= 11 is 0. The van der Waals surface area contributed by atoms with Crippen LogP contribution in [-0.2, 0) is 4.79 Å². The molecular weight excluding hydrogens is 214 g/mol. The largest absolute Gasteiger partial charge is 0.480 e. The van der Waals surface area contributed by atoms with Crippen LogP contribution in [-0.4, -0.2) is 23.2 Å². The van der Waals surface area contributed by atoms with Crippen molar-refractivity contribution in [2.75, 3.05) is 0 Å². The summed E-state index contributed by atoms with van der Waals surface area (Å²) in [4.78, 5) is 11.2. The van der Waals surface area contributed by atoms with E-state index in [1.165, 1.54) is 19.3 Å². The van der Waals surface area contributed by atoms with Gasteiger partial charge >= 0.3 is 5.97 Å². The Hall–Kier alpha value is -0.570. The first-order chi connectivity index (χ1) is 8.19. The van der Waals surface area contributed by atoms with Crippen LogP contribution in [0.1, 0.15) is 65.2 Å². The molecule has 17 heavy (non-hydrogen) atoms. The Labute approximate surface area is 105 Å². The molecule has 100 valence electrons. The summed E-state index contributed by atoms with van der Waals surface area (Å²) in [5.74, 6) is -0.00824. The highest BCUT2D eigenvalue weighted by atomic mass is 16.4. The van der Waals surface area contributed by atoms with Crippen LogP contribution in [0.5, 0.6) is 0 Å². The average molecular weight is 241 g/mol. The smallest absolute Gasteiger partial charge is 0.320 e. The fourth-order valence-corrected chi connectivity index (χ4v) is 2.86. The van der Waals surface area contributed by atoms with Crippen LogP contribution in [0.3, 0.4) is 0 Å². The second kappa shape index (κ2) is 7.70. The molecule has 0 saturated heterocycles. The van der Waals surface area contributed by atoms with Crippen molar-refractivity contribution in [2.45, 2.75) is 77.3 Å². The topological polar surface area (TPSA) is 49.3 Å². The van der Waals surface area contributed by atoms with Crippen molar-refractivity contribution < 1.29 is 9.90 Å². The summed E-state index contributed by atoms with van der Waals surface area (Å²) in [5, 5.41) is 12.6. The minimum Gasteiger partial charge on any atom is -0.480 e. The average Bonchev–Trinajstić information content (AvgIpc) is 2.34. The molecule has 0 heterocycles. The van der Waals surface area contributed by atoms with Gasteiger partial charge in [-0.2, -0.15) is 0 Å². The number of carbonyl (C=O) groups is 1. The third kappa shape index (κ3) is 4.66. The molecule has 1 saturated carbocycles. The van der Waals surface area contributed by atoms with Gasteiger partial charge in [-0.25, -0.2) is 0 Å². The Kier molecular flexibility index (Phi) is 6.56. The molecule has 3 heteroatoms. The maximum absolute atomic E-state index is 11.2. The first-order valence-corrected chi connectivity index (χ1v) is 7.17. The van der Waals surface area contributed by atoms with Crippen molar-refractivity contribution in [1.82, 2.24) is 5.32 Å². The Morgan fingerprint density at radius 3 is 2.65 bits per heavy atom. The molecule has 1 fully saturated rings. The first kappa shape index (κ1) is 14.5. The van der Waals surface area contributed by atoms with E-state index >= 15 is 0 Å². The highest BCUT2D eigenvalue weighted by Crippen LogP contribution is 2.27. The Morgan fingerprint density at radius 2 is 2.06 bits per heavy atom. The van der Waals surface area contributed by atoms with Gasteiger partial charge in [0.15, 0.2) is 0 Å². The van der Waals surface area contributed by atoms with Crippen molar-refractivity contribution in [1.29, 1.82) is 0 Å². The molecule has 0 amide bonds. The predicted molar refractivity (Wildman–Crippen MR) is 70.1 cm³/mol. The highest BCUT2D eigenvalue weighted by molar-refractivity contribution is 5.73. The van der Waals surface area contributed by atoms with Crippen molar-refractivity contribution in [2.24, 2.45) is 5.92 Å². The highest BCUT2D eigenvalue weighted by Gasteiger charge is 2.27. The lowest BCUT2D eigenvalue weighted by Gasteiger charge is -2.33. The van der Waals surface area contributed by atoms with Gasteiger partial charge in [0, 0.05) is 6.04 Å². The van der Waals surface area contributed by atoms with E-state index in [9.17, 15) is 9.90 Å². The second-order valence-corrected chi connectivity index (χ2v) is 5.26. The van der Waals surface area contributed by atoms with Gasteiger partial charge in [0.05, 0.1) is 0 Å². The van der Waals surface area contributed by atoms with E-state index in [1.807, 2.05) is 0 Å². The molecule has 3 nitrogen and oxygen atoms in total. The molecular formula is C14H27NO2. The van der Waals surface area contributed by atoms with Crippen molar-refractivity contribution in [3.05, 3.63) is 0 Å². The molecule has 3 atom stereocenters. The van der Waals surface area contributed by atoms with Gasteiger partial charge in [-0.05, 0) is 25.2 Å². The van der Waals surface area contributed by atoms with Gasteiger partial charge in [0.2, 0.25) is 0 Å². The summed E-state index contributed by atoms with van der Waals surface area (Å²) in [6.45, 7) is 4.32. The van der Waals surface area contributed by atoms with Gasteiger partial charge in [0.1, 0.15) is 6.04 Å². The van der Waals surface area contributed by atoms with Crippen LogP contribution in [0.15, 0.2) is 0 Å². The van der Waals surface area contributed by atoms with Crippen LogP contribution in [0.4, 0.5) is 0 Å². The molecule has 3 unspecified atom stereocenters. The maximum atomic E-state index is 11.2. The third-order valence-electron chi connectivity index (χ3n) is 3.99. The van der Waals surface area contributed by atoms with E-state index in [0.717, 1.165) is 32.1 Å². The molecule has 1 rings (SSSR count). The van der Waals surface area contributed by atoms with Gasteiger partial charge in [-0.3, -0.25) is 4.79 Å². The van der Waals surface area contributed by atoms with Crippen LogP contribution < -0.4 is 5.32 Å². The van der Waals surface area contributed by atoms with Gasteiger partial charge in [-0.1, -0.05) is 46.0 Å². The van der Waals surface area contributed by atoms with E-state index in [0.29, 0.717) is 12.0 Å². The standard InChI is InChI=1S/C14H27NO2/c1-3-5-9-13(14(16)17)15-12-10-7-6-8-11(12)4-2/h11-13,15H,3-10H2,1-2H3,(H,16,17). The summed E-state index contributed by atoms with van der Waals surface area (Å²) in [6, 6.07) is 0.0822. The van der Waals surface area contributed by atoms with E-state index in [-0.39, 0.29) is 6.04 Å². The van der Waals surface area contributed by atoms with E-state index < -0.39 is 5.97 Å². The molecule has 0 aliphatic heterocycles. The zero-order valence-electron chi connectivity index (χ0n) is 11.2. The van der Waals surface area contributed by atoms with Gasteiger partial charge < -0.3 is 10.4 Å². The number of aliphatic carboxylic acids is 1. The quantitative estimate of drug-likeness (QED) is 0.719. The van der Waals surface area contributed by atoms with Crippen LogP contribution in [0, 0.1) is 5.92 Å². The molecule has 0 aromatic carbocycles. The summed E-state index contributed by atoms with van der Waals surface area (Å²) in [5.41, 5.74) is 0. The van der Waals surface area contributed by atoms with Gasteiger partial charge in [0.25, 0.3) is 0 Å². The second-order valence-electron chi connectivity index (χ2n) is 5.26. The molecule has 2 N–H and O–H groups in total. The molecule has 0 bridgehead atoms. The number of hydrogen-bond acceptors (Lipinski definition) is 2. The number of carboxylic acid groups (broad SMARTS) is 1. The molecule has 1 aliphatic carbocycles.